The van der Waals surface area contributed by atoms with E-state index in [-0.39, 0.29) is 37.8 Å². The quantitative estimate of drug-likeness (QED) is 0.787. The van der Waals surface area contributed by atoms with Crippen molar-refractivity contribution in [1.29, 1.82) is 0 Å². The Morgan fingerprint density at radius 1 is 1.17 bits per heavy atom. The first-order valence-electron chi connectivity index (χ1n) is 8.17. The number of alkyl halides is 2. The van der Waals surface area contributed by atoms with Gasteiger partial charge in [-0.2, -0.15) is 0 Å². The molecule has 0 N–H and O–H groups in total. The summed E-state index contributed by atoms with van der Waals surface area (Å²) < 4.78 is 53.0. The van der Waals surface area contributed by atoms with Gasteiger partial charge in [0.05, 0.1) is 5.92 Å². The van der Waals surface area contributed by atoms with E-state index in [1.165, 1.54) is 17.0 Å². The Kier molecular flexibility index (Phi) is 4.80. The van der Waals surface area contributed by atoms with Crippen molar-refractivity contribution in [3.05, 3.63) is 35.4 Å². The summed E-state index contributed by atoms with van der Waals surface area (Å²) in [6.07, 6.45) is 0.0699. The molecule has 7 heteroatoms. The predicted molar refractivity (Wildman–Crippen MR) is 80.5 cm³/mol. The smallest absolute Gasteiger partial charge is 0.251 e. The number of rotatable bonds is 3. The van der Waals surface area contributed by atoms with Gasteiger partial charge in [0.25, 0.3) is 5.92 Å². The topological polar surface area (TPSA) is 23.6 Å². The molecule has 1 unspecified atom stereocenters. The molecular formula is C17H20F4N2O. The lowest BCUT2D eigenvalue weighted by Gasteiger charge is -2.33. The number of likely N-dealkylation sites (tertiary alicyclic amines) is 2. The van der Waals surface area contributed by atoms with Crippen molar-refractivity contribution in [1.82, 2.24) is 9.80 Å². The van der Waals surface area contributed by atoms with Crippen molar-refractivity contribution >= 4 is 5.91 Å². The van der Waals surface area contributed by atoms with Crippen LogP contribution in [0.25, 0.3) is 0 Å². The molecule has 0 radical (unpaired) electrons. The standard InChI is InChI=1S/C17H20F4N2O/c18-14-2-1-12(15(19)9-14)10-22-6-3-13(11-22)16(24)23-7-4-17(20,21)5-8-23/h1-2,9,13H,3-8,10-11H2. The molecule has 2 heterocycles. The number of amides is 1. The summed E-state index contributed by atoms with van der Waals surface area (Å²) in [5.41, 5.74) is 0.391. The Hall–Kier alpha value is -1.63. The summed E-state index contributed by atoms with van der Waals surface area (Å²) in [6.45, 7) is 1.61. The van der Waals surface area contributed by atoms with Crippen LogP contribution in [0.5, 0.6) is 0 Å². The van der Waals surface area contributed by atoms with Crippen LogP contribution in [0.4, 0.5) is 17.6 Å². The predicted octanol–water partition coefficient (Wildman–Crippen LogP) is 3.04. The number of carbonyl (C=O) groups is 1. The molecule has 0 spiro atoms. The SMILES string of the molecule is O=C(C1CCN(Cc2ccc(F)cc2F)C1)N1CCC(F)(F)CC1. The van der Waals surface area contributed by atoms with Crippen LogP contribution in [0.1, 0.15) is 24.8 Å². The lowest BCUT2D eigenvalue weighted by atomic mass is 10.0. The first-order chi connectivity index (χ1) is 11.3. The lowest BCUT2D eigenvalue weighted by molar-refractivity contribution is -0.141. The summed E-state index contributed by atoms with van der Waals surface area (Å²) in [6, 6.07) is 3.47. The maximum atomic E-state index is 13.7. The Morgan fingerprint density at radius 3 is 2.54 bits per heavy atom. The van der Waals surface area contributed by atoms with E-state index in [4.69, 9.17) is 0 Å². The summed E-state index contributed by atoms with van der Waals surface area (Å²) in [5, 5.41) is 0. The maximum absolute atomic E-state index is 13.7. The van der Waals surface area contributed by atoms with Gasteiger partial charge in [-0.1, -0.05) is 6.07 Å². The number of hydrogen-bond acceptors (Lipinski definition) is 2. The van der Waals surface area contributed by atoms with Gasteiger partial charge in [-0.15, -0.1) is 0 Å². The highest BCUT2D eigenvalue weighted by Gasteiger charge is 2.38. The molecule has 0 bridgehead atoms. The first-order valence-corrected chi connectivity index (χ1v) is 8.17. The highest BCUT2D eigenvalue weighted by atomic mass is 19.3. The van der Waals surface area contributed by atoms with Crippen LogP contribution in [0, 0.1) is 17.6 Å². The zero-order chi connectivity index (χ0) is 17.3. The minimum Gasteiger partial charge on any atom is -0.342 e. The highest BCUT2D eigenvalue weighted by molar-refractivity contribution is 5.79. The molecule has 132 valence electrons. The fourth-order valence-electron chi connectivity index (χ4n) is 3.38. The van der Waals surface area contributed by atoms with Crippen LogP contribution in [0.2, 0.25) is 0 Å². The van der Waals surface area contributed by atoms with E-state index in [1.807, 2.05) is 4.90 Å². The molecule has 2 aliphatic heterocycles. The van der Waals surface area contributed by atoms with Crippen LogP contribution in [0.3, 0.4) is 0 Å². The third kappa shape index (κ3) is 3.88. The van der Waals surface area contributed by atoms with Crippen molar-refractivity contribution in [3.63, 3.8) is 0 Å². The summed E-state index contributed by atoms with van der Waals surface area (Å²) in [7, 11) is 0. The molecule has 0 saturated carbocycles. The van der Waals surface area contributed by atoms with Crippen molar-refractivity contribution in [3.8, 4) is 0 Å². The Bertz CT molecular complexity index is 613. The second-order valence-corrected chi connectivity index (χ2v) is 6.64. The molecule has 2 fully saturated rings. The normalized spacial score (nSPS) is 24.3. The third-order valence-electron chi connectivity index (χ3n) is 4.84. The summed E-state index contributed by atoms with van der Waals surface area (Å²) >= 11 is 0. The van der Waals surface area contributed by atoms with Crippen LogP contribution < -0.4 is 0 Å². The summed E-state index contributed by atoms with van der Waals surface area (Å²) in [4.78, 5) is 15.9. The van der Waals surface area contributed by atoms with E-state index >= 15 is 0 Å². The fourth-order valence-corrected chi connectivity index (χ4v) is 3.38. The van der Waals surface area contributed by atoms with Gasteiger partial charge in [0.15, 0.2) is 0 Å². The van der Waals surface area contributed by atoms with Gasteiger partial charge in [0, 0.05) is 50.7 Å². The highest BCUT2D eigenvalue weighted by Crippen LogP contribution is 2.30. The molecule has 2 aliphatic rings. The molecule has 1 aromatic rings. The number of piperidine rings is 1. The number of halogens is 4. The first kappa shape index (κ1) is 17.2. The molecule has 2 saturated heterocycles. The van der Waals surface area contributed by atoms with Gasteiger partial charge in [-0.25, -0.2) is 17.6 Å². The second kappa shape index (κ2) is 6.70. The van der Waals surface area contributed by atoms with Gasteiger partial charge < -0.3 is 4.90 Å². The largest absolute Gasteiger partial charge is 0.342 e. The molecule has 1 aromatic carbocycles. The van der Waals surface area contributed by atoms with Crippen molar-refractivity contribution < 1.29 is 22.4 Å². The van der Waals surface area contributed by atoms with Crippen LogP contribution in [0.15, 0.2) is 18.2 Å². The molecular weight excluding hydrogens is 324 g/mol. The van der Waals surface area contributed by atoms with Gasteiger partial charge in [-0.3, -0.25) is 9.69 Å². The van der Waals surface area contributed by atoms with Gasteiger partial charge in [0.1, 0.15) is 11.6 Å². The average molecular weight is 344 g/mol. The van der Waals surface area contributed by atoms with Crippen molar-refractivity contribution in [2.75, 3.05) is 26.2 Å². The lowest BCUT2D eigenvalue weighted by Crippen LogP contribution is -2.45. The van der Waals surface area contributed by atoms with E-state index in [0.717, 1.165) is 6.07 Å². The Morgan fingerprint density at radius 2 is 1.88 bits per heavy atom. The van der Waals surface area contributed by atoms with E-state index in [1.54, 1.807) is 0 Å². The van der Waals surface area contributed by atoms with E-state index in [2.05, 4.69) is 0 Å². The van der Waals surface area contributed by atoms with Crippen LogP contribution >= 0.6 is 0 Å². The number of hydrogen-bond donors (Lipinski definition) is 0. The minimum atomic E-state index is -2.67. The minimum absolute atomic E-state index is 0.0902. The summed E-state index contributed by atoms with van der Waals surface area (Å²) in [5.74, 6) is -4.21. The molecule has 0 aromatic heterocycles. The molecule has 3 nitrogen and oxygen atoms in total. The molecule has 1 amide bonds. The third-order valence-corrected chi connectivity index (χ3v) is 4.84. The van der Waals surface area contributed by atoms with E-state index in [0.29, 0.717) is 31.6 Å². The van der Waals surface area contributed by atoms with E-state index < -0.39 is 17.6 Å². The van der Waals surface area contributed by atoms with Crippen molar-refractivity contribution in [2.45, 2.75) is 31.7 Å². The van der Waals surface area contributed by atoms with Crippen LogP contribution in [-0.4, -0.2) is 47.8 Å². The Balaban J connectivity index is 1.54. The van der Waals surface area contributed by atoms with Gasteiger partial charge in [-0.05, 0) is 19.0 Å². The van der Waals surface area contributed by atoms with Gasteiger partial charge >= 0.3 is 0 Å². The molecule has 24 heavy (non-hydrogen) atoms. The van der Waals surface area contributed by atoms with Gasteiger partial charge in [0.2, 0.25) is 5.91 Å². The van der Waals surface area contributed by atoms with Crippen LogP contribution in [-0.2, 0) is 11.3 Å². The monoisotopic (exact) mass is 344 g/mol. The van der Waals surface area contributed by atoms with Crippen molar-refractivity contribution in [2.24, 2.45) is 5.92 Å². The average Bonchev–Trinajstić information content (AvgIpc) is 2.98. The molecule has 1 atom stereocenters. The number of nitrogens with zero attached hydrogens (tertiary/aromatic N) is 2. The second-order valence-electron chi connectivity index (χ2n) is 6.64. The molecule has 0 aliphatic carbocycles. The zero-order valence-electron chi connectivity index (χ0n) is 13.3. The Labute approximate surface area is 138 Å². The fraction of sp³-hybridized carbons (Fsp3) is 0.588. The zero-order valence-corrected chi connectivity index (χ0v) is 13.3. The molecule has 3 rings (SSSR count). The van der Waals surface area contributed by atoms with E-state index in [9.17, 15) is 22.4 Å². The maximum Gasteiger partial charge on any atom is 0.251 e. The number of carbonyl (C=O) groups excluding carboxylic acids is 1. The number of benzene rings is 1.